The van der Waals surface area contributed by atoms with Gasteiger partial charge in [-0.3, -0.25) is 0 Å². The number of pyridine rings is 1. The Balaban J connectivity index is 2.06. The van der Waals surface area contributed by atoms with Crippen LogP contribution in [0.2, 0.25) is 0 Å². The Morgan fingerprint density at radius 3 is 2.68 bits per heavy atom. The minimum atomic E-state index is 0.888. The zero-order valence-electron chi connectivity index (χ0n) is 10.5. The highest BCUT2D eigenvalue weighted by atomic mass is 79.9. The predicted molar refractivity (Wildman–Crippen MR) is 83.9 cm³/mol. The monoisotopic (exact) mass is 312 g/mol. The van der Waals surface area contributed by atoms with Gasteiger partial charge >= 0.3 is 0 Å². The number of aromatic nitrogens is 1. The molecule has 0 aliphatic heterocycles. The van der Waals surface area contributed by atoms with Crippen LogP contribution in [0.15, 0.2) is 59.2 Å². The second kappa shape index (κ2) is 5.02. The molecule has 0 aliphatic rings. The van der Waals surface area contributed by atoms with Crippen LogP contribution in [0.5, 0.6) is 0 Å². The van der Waals surface area contributed by atoms with Gasteiger partial charge < -0.3 is 5.32 Å². The Bertz CT molecular complexity index is 732. The van der Waals surface area contributed by atoms with Crippen molar-refractivity contribution in [3.05, 3.63) is 64.8 Å². The number of aryl methyl sites for hydroxylation is 1. The van der Waals surface area contributed by atoms with E-state index in [4.69, 9.17) is 0 Å². The predicted octanol–water partition coefficient (Wildman–Crippen LogP) is 5.05. The lowest BCUT2D eigenvalue weighted by molar-refractivity contribution is 1.24. The van der Waals surface area contributed by atoms with Crippen molar-refractivity contribution in [3.63, 3.8) is 0 Å². The van der Waals surface area contributed by atoms with Crippen LogP contribution in [0.4, 0.5) is 11.5 Å². The van der Waals surface area contributed by atoms with Gasteiger partial charge in [0, 0.05) is 21.7 Å². The summed E-state index contributed by atoms with van der Waals surface area (Å²) in [5.74, 6) is 0.888. The summed E-state index contributed by atoms with van der Waals surface area (Å²) in [6.45, 7) is 2.05. The first-order valence-electron chi connectivity index (χ1n) is 6.11. The van der Waals surface area contributed by atoms with E-state index in [1.165, 1.54) is 10.8 Å². The molecule has 2 aromatic carbocycles. The summed E-state index contributed by atoms with van der Waals surface area (Å²) in [5.41, 5.74) is 2.19. The molecule has 3 heteroatoms. The van der Waals surface area contributed by atoms with Crippen molar-refractivity contribution in [2.45, 2.75) is 6.92 Å². The van der Waals surface area contributed by atoms with E-state index >= 15 is 0 Å². The SMILES string of the molecule is Cc1cc(Br)cnc1Nc1cccc2ccccc12. The van der Waals surface area contributed by atoms with Gasteiger partial charge in [0.1, 0.15) is 5.82 Å². The molecule has 0 bridgehead atoms. The molecular formula is C16H13BrN2. The van der Waals surface area contributed by atoms with Crippen molar-refractivity contribution in [2.24, 2.45) is 0 Å². The molecule has 1 N–H and O–H groups in total. The van der Waals surface area contributed by atoms with E-state index in [1.807, 2.05) is 6.92 Å². The van der Waals surface area contributed by atoms with E-state index in [-0.39, 0.29) is 0 Å². The highest BCUT2D eigenvalue weighted by Gasteiger charge is 2.04. The molecule has 0 amide bonds. The summed E-state index contributed by atoms with van der Waals surface area (Å²) in [4.78, 5) is 4.42. The molecule has 0 radical (unpaired) electrons. The zero-order valence-corrected chi connectivity index (χ0v) is 12.1. The summed E-state index contributed by atoms with van der Waals surface area (Å²) in [6.07, 6.45) is 1.81. The molecule has 0 atom stereocenters. The topological polar surface area (TPSA) is 24.9 Å². The maximum absolute atomic E-state index is 4.42. The van der Waals surface area contributed by atoms with E-state index in [9.17, 15) is 0 Å². The van der Waals surface area contributed by atoms with Gasteiger partial charge in [0.05, 0.1) is 0 Å². The maximum Gasteiger partial charge on any atom is 0.133 e. The van der Waals surface area contributed by atoms with Gasteiger partial charge in [0.25, 0.3) is 0 Å². The molecule has 0 spiro atoms. The minimum absolute atomic E-state index is 0.888. The summed E-state index contributed by atoms with van der Waals surface area (Å²) in [7, 11) is 0. The van der Waals surface area contributed by atoms with Crippen LogP contribution in [-0.4, -0.2) is 4.98 Å². The molecule has 1 aromatic heterocycles. The fourth-order valence-electron chi connectivity index (χ4n) is 2.13. The van der Waals surface area contributed by atoms with Gasteiger partial charge in [-0.15, -0.1) is 0 Å². The normalized spacial score (nSPS) is 10.6. The molecule has 3 rings (SSSR count). The van der Waals surface area contributed by atoms with Crippen molar-refractivity contribution in [1.82, 2.24) is 4.98 Å². The van der Waals surface area contributed by atoms with Gasteiger partial charge in [0.2, 0.25) is 0 Å². The summed E-state index contributed by atoms with van der Waals surface area (Å²) in [5, 5.41) is 5.84. The highest BCUT2D eigenvalue weighted by Crippen LogP contribution is 2.27. The summed E-state index contributed by atoms with van der Waals surface area (Å²) in [6, 6.07) is 16.6. The number of hydrogen-bond donors (Lipinski definition) is 1. The number of halogens is 1. The number of nitrogens with one attached hydrogen (secondary N) is 1. The largest absolute Gasteiger partial charge is 0.340 e. The molecule has 1 heterocycles. The third-order valence-corrected chi connectivity index (χ3v) is 3.52. The summed E-state index contributed by atoms with van der Waals surface area (Å²) < 4.78 is 0.994. The van der Waals surface area contributed by atoms with Crippen LogP contribution in [0.25, 0.3) is 10.8 Å². The van der Waals surface area contributed by atoms with E-state index in [1.54, 1.807) is 6.20 Å². The van der Waals surface area contributed by atoms with Crippen LogP contribution in [0, 0.1) is 6.92 Å². The first-order valence-corrected chi connectivity index (χ1v) is 6.90. The fraction of sp³-hybridized carbons (Fsp3) is 0.0625. The molecule has 3 aromatic rings. The molecule has 0 saturated carbocycles. The Morgan fingerprint density at radius 2 is 1.84 bits per heavy atom. The lowest BCUT2D eigenvalue weighted by Gasteiger charge is -2.11. The van der Waals surface area contributed by atoms with E-state index in [0.29, 0.717) is 0 Å². The highest BCUT2D eigenvalue weighted by molar-refractivity contribution is 9.10. The van der Waals surface area contributed by atoms with E-state index < -0.39 is 0 Å². The van der Waals surface area contributed by atoms with Gasteiger partial charge in [-0.25, -0.2) is 4.98 Å². The molecule has 0 aliphatic carbocycles. The third kappa shape index (κ3) is 2.47. The second-order valence-electron chi connectivity index (χ2n) is 4.47. The van der Waals surface area contributed by atoms with Gasteiger partial charge in [-0.05, 0) is 45.9 Å². The van der Waals surface area contributed by atoms with Crippen LogP contribution in [0.1, 0.15) is 5.56 Å². The standard InChI is InChI=1S/C16H13BrN2/c1-11-9-13(17)10-18-16(11)19-15-8-4-6-12-5-2-3-7-14(12)15/h2-10H,1H3,(H,18,19). The van der Waals surface area contributed by atoms with Crippen molar-refractivity contribution in [3.8, 4) is 0 Å². The van der Waals surface area contributed by atoms with Crippen molar-refractivity contribution in [1.29, 1.82) is 0 Å². The smallest absolute Gasteiger partial charge is 0.133 e. The third-order valence-electron chi connectivity index (χ3n) is 3.09. The van der Waals surface area contributed by atoms with Crippen LogP contribution < -0.4 is 5.32 Å². The van der Waals surface area contributed by atoms with E-state index in [0.717, 1.165) is 21.5 Å². The average Bonchev–Trinajstić information content (AvgIpc) is 2.42. The molecule has 94 valence electrons. The summed E-state index contributed by atoms with van der Waals surface area (Å²) >= 11 is 3.43. The van der Waals surface area contributed by atoms with Crippen molar-refractivity contribution >= 4 is 38.2 Å². The van der Waals surface area contributed by atoms with Gasteiger partial charge in [-0.1, -0.05) is 36.4 Å². The Morgan fingerprint density at radius 1 is 1.05 bits per heavy atom. The number of hydrogen-bond acceptors (Lipinski definition) is 2. The fourth-order valence-corrected chi connectivity index (χ4v) is 2.58. The zero-order chi connectivity index (χ0) is 13.2. The Kier molecular flexibility index (Phi) is 3.22. The second-order valence-corrected chi connectivity index (χ2v) is 5.39. The Hall–Kier alpha value is -1.87. The number of rotatable bonds is 2. The molecule has 0 saturated heterocycles. The number of benzene rings is 2. The van der Waals surface area contributed by atoms with E-state index in [2.05, 4.69) is 74.8 Å². The Labute approximate surface area is 120 Å². The van der Waals surface area contributed by atoms with Gasteiger partial charge in [-0.2, -0.15) is 0 Å². The number of nitrogens with zero attached hydrogens (tertiary/aromatic N) is 1. The number of anilines is 2. The first kappa shape index (κ1) is 12.2. The van der Waals surface area contributed by atoms with Crippen molar-refractivity contribution < 1.29 is 0 Å². The number of fused-ring (bicyclic) bond motifs is 1. The average molecular weight is 313 g/mol. The van der Waals surface area contributed by atoms with Crippen LogP contribution in [-0.2, 0) is 0 Å². The lowest BCUT2D eigenvalue weighted by Crippen LogP contribution is -1.96. The molecule has 0 unspecified atom stereocenters. The van der Waals surface area contributed by atoms with Crippen molar-refractivity contribution in [2.75, 3.05) is 5.32 Å². The van der Waals surface area contributed by atoms with Gasteiger partial charge in [0.15, 0.2) is 0 Å². The molecule has 2 nitrogen and oxygen atoms in total. The minimum Gasteiger partial charge on any atom is -0.340 e. The molecule has 0 fully saturated rings. The van der Waals surface area contributed by atoms with Crippen LogP contribution >= 0.6 is 15.9 Å². The van der Waals surface area contributed by atoms with Crippen LogP contribution in [0.3, 0.4) is 0 Å². The maximum atomic E-state index is 4.42. The molecular weight excluding hydrogens is 300 g/mol. The quantitative estimate of drug-likeness (QED) is 0.716. The molecule has 19 heavy (non-hydrogen) atoms. The first-order chi connectivity index (χ1) is 9.24. The lowest BCUT2D eigenvalue weighted by atomic mass is 10.1.